The van der Waals surface area contributed by atoms with Crippen molar-refractivity contribution in [2.75, 3.05) is 11.9 Å². The summed E-state index contributed by atoms with van der Waals surface area (Å²) in [5.41, 5.74) is 0.527. The minimum Gasteiger partial charge on any atom is -0.462 e. The van der Waals surface area contributed by atoms with Crippen LogP contribution in [-0.4, -0.2) is 23.4 Å². The largest absolute Gasteiger partial charge is 0.462 e. The second-order valence-electron chi connectivity index (χ2n) is 5.95. The molecule has 0 fully saturated rings. The van der Waals surface area contributed by atoms with E-state index >= 15 is 0 Å². The fourth-order valence-electron chi connectivity index (χ4n) is 2.01. The fourth-order valence-corrected chi connectivity index (χ4v) is 2.22. The predicted molar refractivity (Wildman–Crippen MR) is 97.6 cm³/mol. The molecule has 1 N–H and O–H groups in total. The van der Waals surface area contributed by atoms with Crippen LogP contribution in [0.3, 0.4) is 0 Å². The van der Waals surface area contributed by atoms with Gasteiger partial charge in [-0.2, -0.15) is 0 Å². The van der Waals surface area contributed by atoms with E-state index in [0.29, 0.717) is 17.9 Å². The molecular formula is C18H17ClN2O5. The van der Waals surface area contributed by atoms with Crippen molar-refractivity contribution < 1.29 is 19.2 Å². The van der Waals surface area contributed by atoms with E-state index in [0.717, 1.165) is 6.07 Å². The van der Waals surface area contributed by atoms with Crippen molar-refractivity contribution in [2.24, 2.45) is 5.92 Å². The monoisotopic (exact) mass is 376 g/mol. The summed E-state index contributed by atoms with van der Waals surface area (Å²) in [7, 11) is 0. The molecule has 0 aliphatic rings. The third kappa shape index (κ3) is 5.03. The second-order valence-corrected chi connectivity index (χ2v) is 6.35. The van der Waals surface area contributed by atoms with Gasteiger partial charge in [0, 0.05) is 17.8 Å². The van der Waals surface area contributed by atoms with Gasteiger partial charge in [0.15, 0.2) is 0 Å². The number of non-ortho nitro benzene ring substituents is 1. The molecule has 0 bridgehead atoms. The van der Waals surface area contributed by atoms with Gasteiger partial charge in [0.05, 0.1) is 27.7 Å². The highest BCUT2D eigenvalue weighted by Crippen LogP contribution is 2.23. The molecule has 2 aromatic carbocycles. The average molecular weight is 377 g/mol. The van der Waals surface area contributed by atoms with Crippen molar-refractivity contribution in [1.29, 1.82) is 0 Å². The van der Waals surface area contributed by atoms with E-state index < -0.39 is 16.8 Å². The number of nitro groups is 1. The van der Waals surface area contributed by atoms with E-state index in [1.807, 2.05) is 13.8 Å². The molecule has 136 valence electrons. The molecule has 26 heavy (non-hydrogen) atoms. The van der Waals surface area contributed by atoms with E-state index in [-0.39, 0.29) is 22.2 Å². The molecule has 0 saturated heterocycles. The first-order valence-electron chi connectivity index (χ1n) is 7.80. The number of ether oxygens (including phenoxy) is 1. The van der Waals surface area contributed by atoms with Crippen LogP contribution < -0.4 is 5.32 Å². The van der Waals surface area contributed by atoms with E-state index in [2.05, 4.69) is 5.32 Å². The SMILES string of the molecule is CC(C)COC(=O)c1ccc(NC(=O)c2cc([N+](=O)[O-])ccc2Cl)cc1. The Labute approximate surface area is 155 Å². The number of nitrogens with one attached hydrogen (secondary N) is 1. The molecule has 0 radical (unpaired) electrons. The lowest BCUT2D eigenvalue weighted by Crippen LogP contribution is -2.13. The number of amides is 1. The minimum atomic E-state index is -0.606. The third-order valence-corrected chi connectivity index (χ3v) is 3.66. The van der Waals surface area contributed by atoms with Crippen LogP contribution in [0.5, 0.6) is 0 Å². The Bertz CT molecular complexity index is 834. The summed E-state index contributed by atoms with van der Waals surface area (Å²) in [4.78, 5) is 34.4. The average Bonchev–Trinajstić information content (AvgIpc) is 2.60. The summed E-state index contributed by atoms with van der Waals surface area (Å²) in [6, 6.07) is 9.74. The Morgan fingerprint density at radius 2 is 1.85 bits per heavy atom. The molecule has 0 heterocycles. The number of hydrogen-bond donors (Lipinski definition) is 1. The molecule has 2 rings (SSSR count). The minimum absolute atomic E-state index is 0.0127. The van der Waals surface area contributed by atoms with Crippen LogP contribution >= 0.6 is 11.6 Å². The molecule has 8 heteroatoms. The molecule has 0 unspecified atom stereocenters. The van der Waals surface area contributed by atoms with Crippen LogP contribution in [-0.2, 0) is 4.74 Å². The van der Waals surface area contributed by atoms with Gasteiger partial charge in [-0.3, -0.25) is 14.9 Å². The van der Waals surface area contributed by atoms with E-state index in [9.17, 15) is 19.7 Å². The van der Waals surface area contributed by atoms with Gasteiger partial charge >= 0.3 is 5.97 Å². The van der Waals surface area contributed by atoms with Crippen LogP contribution in [0.2, 0.25) is 5.02 Å². The van der Waals surface area contributed by atoms with Crippen LogP contribution in [0.4, 0.5) is 11.4 Å². The van der Waals surface area contributed by atoms with Gasteiger partial charge in [-0.15, -0.1) is 0 Å². The zero-order valence-electron chi connectivity index (χ0n) is 14.2. The third-order valence-electron chi connectivity index (χ3n) is 3.33. The number of nitrogens with zero attached hydrogens (tertiary/aromatic N) is 1. The molecular weight excluding hydrogens is 360 g/mol. The summed E-state index contributed by atoms with van der Waals surface area (Å²) in [5.74, 6) is -0.802. The van der Waals surface area contributed by atoms with Crippen molar-refractivity contribution in [1.82, 2.24) is 0 Å². The standard InChI is InChI=1S/C18H17ClN2O5/c1-11(2)10-26-18(23)12-3-5-13(6-4-12)20-17(22)15-9-14(21(24)25)7-8-16(15)19/h3-9,11H,10H2,1-2H3,(H,20,22). The number of esters is 1. The van der Waals surface area contributed by atoms with Crippen LogP contribution in [0.1, 0.15) is 34.6 Å². The lowest BCUT2D eigenvalue weighted by Gasteiger charge is -2.09. The zero-order valence-corrected chi connectivity index (χ0v) is 14.9. The number of benzene rings is 2. The van der Waals surface area contributed by atoms with Gasteiger partial charge in [0.1, 0.15) is 0 Å². The van der Waals surface area contributed by atoms with E-state index in [4.69, 9.17) is 16.3 Å². The number of nitro benzene ring substituents is 1. The number of anilines is 1. The molecule has 1 amide bonds. The predicted octanol–water partition coefficient (Wildman–Crippen LogP) is 4.31. The van der Waals surface area contributed by atoms with E-state index in [1.54, 1.807) is 0 Å². The number of carbonyl (C=O) groups is 2. The summed E-state index contributed by atoms with van der Waals surface area (Å²) in [6.45, 7) is 4.19. The van der Waals surface area contributed by atoms with Gasteiger partial charge in [0.25, 0.3) is 11.6 Å². The Morgan fingerprint density at radius 1 is 1.19 bits per heavy atom. The molecule has 0 aromatic heterocycles. The van der Waals surface area contributed by atoms with Gasteiger partial charge in [-0.05, 0) is 36.2 Å². The molecule has 0 aliphatic heterocycles. The number of hydrogen-bond acceptors (Lipinski definition) is 5. The number of halogens is 1. The first-order valence-corrected chi connectivity index (χ1v) is 8.18. The van der Waals surface area contributed by atoms with Crippen molar-refractivity contribution in [3.63, 3.8) is 0 Å². The smallest absolute Gasteiger partial charge is 0.338 e. The Balaban J connectivity index is 2.09. The summed E-state index contributed by atoms with van der Waals surface area (Å²) in [6.07, 6.45) is 0. The summed E-state index contributed by atoms with van der Waals surface area (Å²) >= 11 is 5.94. The maximum absolute atomic E-state index is 12.3. The number of rotatable bonds is 6. The van der Waals surface area contributed by atoms with Crippen LogP contribution in [0.15, 0.2) is 42.5 Å². The van der Waals surface area contributed by atoms with Crippen molar-refractivity contribution in [3.05, 3.63) is 68.7 Å². The van der Waals surface area contributed by atoms with Crippen molar-refractivity contribution >= 4 is 34.9 Å². The fraction of sp³-hybridized carbons (Fsp3) is 0.222. The topological polar surface area (TPSA) is 98.5 Å². The molecule has 2 aromatic rings. The highest BCUT2D eigenvalue weighted by Gasteiger charge is 2.16. The normalized spacial score (nSPS) is 10.5. The molecule has 7 nitrogen and oxygen atoms in total. The maximum Gasteiger partial charge on any atom is 0.338 e. The highest BCUT2D eigenvalue weighted by molar-refractivity contribution is 6.34. The number of carbonyl (C=O) groups excluding carboxylic acids is 2. The molecule has 0 saturated carbocycles. The summed E-state index contributed by atoms with van der Waals surface area (Å²) in [5, 5.41) is 13.5. The lowest BCUT2D eigenvalue weighted by atomic mass is 10.1. The molecule has 0 atom stereocenters. The van der Waals surface area contributed by atoms with Gasteiger partial charge in [-0.25, -0.2) is 4.79 Å². The first-order chi connectivity index (χ1) is 12.3. The molecule has 0 aliphatic carbocycles. The van der Waals surface area contributed by atoms with Gasteiger partial charge in [0.2, 0.25) is 0 Å². The van der Waals surface area contributed by atoms with Crippen molar-refractivity contribution in [3.8, 4) is 0 Å². The van der Waals surface area contributed by atoms with Gasteiger partial charge < -0.3 is 10.1 Å². The maximum atomic E-state index is 12.3. The zero-order chi connectivity index (χ0) is 19.3. The van der Waals surface area contributed by atoms with Crippen molar-refractivity contribution in [2.45, 2.75) is 13.8 Å². The Kier molecular flexibility index (Phi) is 6.30. The Hall–Kier alpha value is -2.93. The second kappa shape index (κ2) is 8.44. The van der Waals surface area contributed by atoms with Crippen LogP contribution in [0.25, 0.3) is 0 Å². The Morgan fingerprint density at radius 3 is 2.42 bits per heavy atom. The van der Waals surface area contributed by atoms with Crippen LogP contribution in [0, 0.1) is 16.0 Å². The lowest BCUT2D eigenvalue weighted by molar-refractivity contribution is -0.384. The quantitative estimate of drug-likeness (QED) is 0.460. The van der Waals surface area contributed by atoms with E-state index in [1.165, 1.54) is 36.4 Å². The first kappa shape index (κ1) is 19.4. The van der Waals surface area contributed by atoms with Gasteiger partial charge in [-0.1, -0.05) is 25.4 Å². The highest BCUT2D eigenvalue weighted by atomic mass is 35.5. The molecule has 0 spiro atoms. The summed E-state index contributed by atoms with van der Waals surface area (Å²) < 4.78 is 5.12.